The fourth-order valence-corrected chi connectivity index (χ4v) is 2.49. The predicted molar refractivity (Wildman–Crippen MR) is 86.8 cm³/mol. The van der Waals surface area contributed by atoms with Crippen LogP contribution in [0.4, 0.5) is 5.82 Å². The van der Waals surface area contributed by atoms with Gasteiger partial charge in [0.25, 0.3) is 0 Å². The Morgan fingerprint density at radius 2 is 1.95 bits per heavy atom. The van der Waals surface area contributed by atoms with E-state index in [0.29, 0.717) is 17.1 Å². The number of hydrogen-bond acceptors (Lipinski definition) is 3. The van der Waals surface area contributed by atoms with Gasteiger partial charge in [0.1, 0.15) is 11.5 Å². The van der Waals surface area contributed by atoms with E-state index in [1.54, 1.807) is 24.1 Å². The summed E-state index contributed by atoms with van der Waals surface area (Å²) in [6.45, 7) is 0. The fraction of sp³-hybridized carbons (Fsp3) is 0.0667. The quantitative estimate of drug-likeness (QED) is 0.750. The first-order valence-electron chi connectivity index (χ1n) is 6.34. The van der Waals surface area contributed by atoms with Crippen molar-refractivity contribution in [3.05, 3.63) is 57.4 Å². The van der Waals surface area contributed by atoms with Crippen LogP contribution in [0.5, 0.6) is 0 Å². The number of nitrogens with two attached hydrogens (primary N) is 1. The average molecular weight is 345 g/mol. The standard InChI is InChI=1S/C15H13BrN4O/c1-20-15(17)13(9-2-4-10(16)5-3-9)14(19-20)11-8-18-7-6-12(11)21/h2-8H,17H2,1H3,(H,18,21). The van der Waals surface area contributed by atoms with Gasteiger partial charge in [-0.3, -0.25) is 9.48 Å². The van der Waals surface area contributed by atoms with E-state index in [1.807, 2.05) is 24.3 Å². The SMILES string of the molecule is Cn1nc(-c2c[nH]ccc2=O)c(-c2ccc(Br)cc2)c1N. The summed E-state index contributed by atoms with van der Waals surface area (Å²) < 4.78 is 2.56. The molecule has 3 rings (SSSR count). The van der Waals surface area contributed by atoms with Crippen LogP contribution in [0, 0.1) is 0 Å². The number of rotatable bonds is 2. The number of nitrogens with one attached hydrogen (secondary N) is 1. The molecule has 0 saturated heterocycles. The number of hydrogen-bond donors (Lipinski definition) is 2. The molecular weight excluding hydrogens is 332 g/mol. The number of benzene rings is 1. The van der Waals surface area contributed by atoms with E-state index in [1.165, 1.54) is 6.07 Å². The number of nitrogens with zero attached hydrogens (tertiary/aromatic N) is 2. The van der Waals surface area contributed by atoms with Crippen LogP contribution in [0.25, 0.3) is 22.4 Å². The van der Waals surface area contributed by atoms with Gasteiger partial charge in [0.2, 0.25) is 0 Å². The van der Waals surface area contributed by atoms with E-state index in [4.69, 9.17) is 5.73 Å². The van der Waals surface area contributed by atoms with Crippen molar-refractivity contribution in [2.75, 3.05) is 5.73 Å². The molecule has 0 radical (unpaired) electrons. The zero-order chi connectivity index (χ0) is 15.0. The Hall–Kier alpha value is -2.34. The molecule has 0 aliphatic rings. The number of aromatic amines is 1. The fourth-order valence-electron chi connectivity index (χ4n) is 2.23. The van der Waals surface area contributed by atoms with Crippen LogP contribution in [0.2, 0.25) is 0 Å². The molecule has 0 atom stereocenters. The van der Waals surface area contributed by atoms with Crippen molar-refractivity contribution in [1.29, 1.82) is 0 Å². The molecular formula is C15H13BrN4O. The Morgan fingerprint density at radius 1 is 1.24 bits per heavy atom. The molecule has 0 saturated carbocycles. The highest BCUT2D eigenvalue weighted by molar-refractivity contribution is 9.10. The minimum absolute atomic E-state index is 0.0924. The van der Waals surface area contributed by atoms with E-state index in [2.05, 4.69) is 26.0 Å². The molecule has 0 fully saturated rings. The Kier molecular flexibility index (Phi) is 3.39. The monoisotopic (exact) mass is 344 g/mol. The molecule has 106 valence electrons. The van der Waals surface area contributed by atoms with Crippen LogP contribution in [0.1, 0.15) is 0 Å². The highest BCUT2D eigenvalue weighted by Crippen LogP contribution is 2.34. The van der Waals surface area contributed by atoms with E-state index < -0.39 is 0 Å². The highest BCUT2D eigenvalue weighted by Gasteiger charge is 2.19. The van der Waals surface area contributed by atoms with Gasteiger partial charge in [-0.25, -0.2) is 0 Å². The minimum atomic E-state index is -0.0924. The van der Waals surface area contributed by atoms with E-state index in [-0.39, 0.29) is 5.43 Å². The van der Waals surface area contributed by atoms with Gasteiger partial charge in [-0.1, -0.05) is 28.1 Å². The lowest BCUT2D eigenvalue weighted by Gasteiger charge is -2.04. The maximum Gasteiger partial charge on any atom is 0.191 e. The number of halogens is 1. The number of pyridine rings is 1. The molecule has 3 N–H and O–H groups in total. The predicted octanol–water partition coefficient (Wildman–Crippen LogP) is 2.79. The summed E-state index contributed by atoms with van der Waals surface area (Å²) >= 11 is 3.41. The molecule has 21 heavy (non-hydrogen) atoms. The zero-order valence-electron chi connectivity index (χ0n) is 11.3. The molecule has 1 aromatic carbocycles. The molecule has 0 bridgehead atoms. The summed E-state index contributed by atoms with van der Waals surface area (Å²) in [5.41, 5.74) is 8.81. The summed E-state index contributed by atoms with van der Waals surface area (Å²) in [6, 6.07) is 9.23. The highest BCUT2D eigenvalue weighted by atomic mass is 79.9. The molecule has 2 aromatic heterocycles. The van der Waals surface area contributed by atoms with Crippen LogP contribution in [0.15, 0.2) is 52.0 Å². The molecule has 0 unspecified atom stereocenters. The molecule has 5 nitrogen and oxygen atoms in total. The zero-order valence-corrected chi connectivity index (χ0v) is 12.9. The summed E-state index contributed by atoms with van der Waals surface area (Å²) in [5.74, 6) is 0.524. The number of anilines is 1. The first-order chi connectivity index (χ1) is 10.1. The van der Waals surface area contributed by atoms with Gasteiger partial charge in [-0.2, -0.15) is 5.10 Å². The van der Waals surface area contributed by atoms with E-state index in [9.17, 15) is 4.79 Å². The van der Waals surface area contributed by atoms with Crippen LogP contribution in [-0.4, -0.2) is 14.8 Å². The second kappa shape index (κ2) is 5.21. The van der Waals surface area contributed by atoms with Crippen molar-refractivity contribution in [3.8, 4) is 22.4 Å². The Morgan fingerprint density at radius 3 is 2.62 bits per heavy atom. The molecule has 2 heterocycles. The summed E-state index contributed by atoms with van der Waals surface area (Å²) in [7, 11) is 1.76. The topological polar surface area (TPSA) is 76.7 Å². The first-order valence-corrected chi connectivity index (χ1v) is 7.13. The Bertz CT molecular complexity index is 849. The lowest BCUT2D eigenvalue weighted by Crippen LogP contribution is -2.04. The van der Waals surface area contributed by atoms with Crippen LogP contribution < -0.4 is 11.2 Å². The number of aromatic nitrogens is 3. The first kappa shape index (κ1) is 13.6. The number of H-pyrrole nitrogens is 1. The lowest BCUT2D eigenvalue weighted by molar-refractivity contribution is 0.782. The van der Waals surface area contributed by atoms with Crippen molar-refractivity contribution in [2.45, 2.75) is 0 Å². The number of aryl methyl sites for hydroxylation is 1. The van der Waals surface area contributed by atoms with Crippen molar-refractivity contribution >= 4 is 21.7 Å². The van der Waals surface area contributed by atoms with Crippen LogP contribution in [0.3, 0.4) is 0 Å². The third kappa shape index (κ3) is 2.38. The van der Waals surface area contributed by atoms with Gasteiger partial charge in [-0.15, -0.1) is 0 Å². The third-order valence-electron chi connectivity index (χ3n) is 3.30. The molecule has 3 aromatic rings. The average Bonchev–Trinajstić information content (AvgIpc) is 2.76. The Balaban J connectivity index is 2.28. The van der Waals surface area contributed by atoms with Crippen LogP contribution in [-0.2, 0) is 7.05 Å². The van der Waals surface area contributed by atoms with Crippen molar-refractivity contribution in [3.63, 3.8) is 0 Å². The lowest BCUT2D eigenvalue weighted by atomic mass is 10.0. The van der Waals surface area contributed by atoms with Gasteiger partial charge in [0.15, 0.2) is 5.43 Å². The van der Waals surface area contributed by atoms with Crippen molar-refractivity contribution in [2.24, 2.45) is 7.05 Å². The summed E-state index contributed by atoms with van der Waals surface area (Å²) in [5, 5.41) is 4.40. The Labute approximate surface area is 129 Å². The summed E-state index contributed by atoms with van der Waals surface area (Å²) in [4.78, 5) is 15.0. The molecule has 0 aliphatic heterocycles. The van der Waals surface area contributed by atoms with Crippen molar-refractivity contribution in [1.82, 2.24) is 14.8 Å². The number of nitrogen functional groups attached to an aromatic ring is 1. The largest absolute Gasteiger partial charge is 0.383 e. The maximum atomic E-state index is 12.1. The normalized spacial score (nSPS) is 10.8. The van der Waals surface area contributed by atoms with Gasteiger partial charge in [0.05, 0.1) is 11.1 Å². The molecule has 0 aliphatic carbocycles. The van der Waals surface area contributed by atoms with Crippen LogP contribution >= 0.6 is 15.9 Å². The molecule has 0 spiro atoms. The second-order valence-electron chi connectivity index (χ2n) is 4.66. The third-order valence-corrected chi connectivity index (χ3v) is 3.83. The van der Waals surface area contributed by atoms with Gasteiger partial charge >= 0.3 is 0 Å². The van der Waals surface area contributed by atoms with E-state index >= 15 is 0 Å². The minimum Gasteiger partial charge on any atom is -0.383 e. The van der Waals surface area contributed by atoms with Crippen molar-refractivity contribution < 1.29 is 0 Å². The summed E-state index contributed by atoms with van der Waals surface area (Å²) in [6.07, 6.45) is 3.24. The molecule has 0 amide bonds. The second-order valence-corrected chi connectivity index (χ2v) is 5.58. The molecule has 6 heteroatoms. The van der Waals surface area contributed by atoms with Gasteiger partial charge < -0.3 is 10.7 Å². The smallest absolute Gasteiger partial charge is 0.191 e. The van der Waals surface area contributed by atoms with Gasteiger partial charge in [0, 0.05) is 30.0 Å². The van der Waals surface area contributed by atoms with E-state index in [0.717, 1.165) is 15.6 Å². The van der Waals surface area contributed by atoms with Gasteiger partial charge in [-0.05, 0) is 17.7 Å². The maximum absolute atomic E-state index is 12.1.